The Kier molecular flexibility index (Phi) is 4.44. The predicted octanol–water partition coefficient (Wildman–Crippen LogP) is 3.41. The fraction of sp³-hybridized carbons (Fsp3) is 0.294. The fourth-order valence-corrected chi connectivity index (χ4v) is 3.68. The van der Waals surface area contributed by atoms with Gasteiger partial charge in [-0.1, -0.05) is 0 Å². The van der Waals surface area contributed by atoms with E-state index in [-0.39, 0.29) is 0 Å². The van der Waals surface area contributed by atoms with Crippen LogP contribution in [0.2, 0.25) is 0 Å². The van der Waals surface area contributed by atoms with Crippen molar-refractivity contribution in [2.75, 3.05) is 11.9 Å². The van der Waals surface area contributed by atoms with Gasteiger partial charge in [0, 0.05) is 36.6 Å². The minimum atomic E-state index is 0.414. The molecule has 4 heterocycles. The van der Waals surface area contributed by atoms with Gasteiger partial charge < -0.3 is 5.32 Å². The van der Waals surface area contributed by atoms with E-state index in [1.807, 2.05) is 11.7 Å². The summed E-state index contributed by atoms with van der Waals surface area (Å²) in [4.78, 5) is 19.6. The summed E-state index contributed by atoms with van der Waals surface area (Å²) < 4.78 is 0. The van der Waals surface area contributed by atoms with Gasteiger partial charge in [-0.3, -0.25) is 9.88 Å². The van der Waals surface area contributed by atoms with Gasteiger partial charge in [-0.25, -0.2) is 15.0 Å². The van der Waals surface area contributed by atoms with Crippen molar-refractivity contribution in [1.29, 1.82) is 0 Å². The molecule has 1 N–H and O–H groups in total. The van der Waals surface area contributed by atoms with E-state index in [9.17, 15) is 0 Å². The molecule has 0 bridgehead atoms. The van der Waals surface area contributed by atoms with Crippen molar-refractivity contribution in [2.24, 2.45) is 0 Å². The Balaban J connectivity index is 1.51. The first-order valence-electron chi connectivity index (χ1n) is 7.98. The van der Waals surface area contributed by atoms with Gasteiger partial charge in [0.1, 0.15) is 11.6 Å². The number of nitrogens with one attached hydrogen (secondary N) is 1. The van der Waals surface area contributed by atoms with Gasteiger partial charge in [0.05, 0.1) is 17.4 Å². The van der Waals surface area contributed by atoms with Crippen molar-refractivity contribution in [2.45, 2.75) is 25.4 Å². The second-order valence-corrected chi connectivity index (χ2v) is 6.52. The molecule has 0 aliphatic carbocycles. The standard InChI is InChI=1S/C17H18N6S/c1-2-15(23(7-1)10-14-11-24-12-21-14)13-3-4-19-16(8-13)22-17-9-18-5-6-20-17/h3-6,8-9,11-12,15H,1-2,7,10H2,(H,19,20,22). The van der Waals surface area contributed by atoms with E-state index in [0.717, 1.165) is 24.6 Å². The van der Waals surface area contributed by atoms with E-state index in [0.29, 0.717) is 11.9 Å². The summed E-state index contributed by atoms with van der Waals surface area (Å²) in [6, 6.07) is 4.63. The molecule has 1 saturated heterocycles. The number of likely N-dealkylation sites (tertiary alicyclic amines) is 1. The molecule has 122 valence electrons. The number of pyridine rings is 1. The lowest BCUT2D eigenvalue weighted by Crippen LogP contribution is -2.23. The monoisotopic (exact) mass is 338 g/mol. The molecule has 0 aromatic carbocycles. The van der Waals surface area contributed by atoms with Crippen molar-refractivity contribution in [1.82, 2.24) is 24.8 Å². The third-order valence-corrected chi connectivity index (χ3v) is 4.84. The van der Waals surface area contributed by atoms with E-state index in [1.54, 1.807) is 29.9 Å². The Bertz CT molecular complexity index is 777. The first-order valence-corrected chi connectivity index (χ1v) is 8.93. The molecule has 3 aromatic rings. The maximum atomic E-state index is 4.42. The Hall–Kier alpha value is -2.38. The summed E-state index contributed by atoms with van der Waals surface area (Å²) >= 11 is 1.65. The van der Waals surface area contributed by atoms with Crippen LogP contribution >= 0.6 is 11.3 Å². The third kappa shape index (κ3) is 3.42. The van der Waals surface area contributed by atoms with Crippen LogP contribution in [0.1, 0.15) is 30.1 Å². The molecule has 6 nitrogen and oxygen atoms in total. The summed E-state index contributed by atoms with van der Waals surface area (Å²) in [6.07, 6.45) is 9.25. The zero-order valence-corrected chi connectivity index (χ0v) is 14.0. The van der Waals surface area contributed by atoms with Gasteiger partial charge in [-0.05, 0) is 37.1 Å². The third-order valence-electron chi connectivity index (χ3n) is 4.20. The number of thiazole rings is 1. The van der Waals surface area contributed by atoms with Crippen LogP contribution in [-0.4, -0.2) is 31.4 Å². The van der Waals surface area contributed by atoms with Crippen LogP contribution in [0, 0.1) is 0 Å². The van der Waals surface area contributed by atoms with Crippen molar-refractivity contribution < 1.29 is 0 Å². The normalized spacial score (nSPS) is 17.9. The van der Waals surface area contributed by atoms with E-state index in [2.05, 4.69) is 47.7 Å². The molecule has 1 aliphatic rings. The fourth-order valence-electron chi connectivity index (χ4n) is 3.13. The van der Waals surface area contributed by atoms with E-state index in [1.165, 1.54) is 18.4 Å². The lowest BCUT2D eigenvalue weighted by Gasteiger charge is -2.24. The Morgan fingerprint density at radius 1 is 1.17 bits per heavy atom. The van der Waals surface area contributed by atoms with E-state index >= 15 is 0 Å². The van der Waals surface area contributed by atoms with E-state index < -0.39 is 0 Å². The lowest BCUT2D eigenvalue weighted by atomic mass is 10.1. The van der Waals surface area contributed by atoms with Crippen molar-refractivity contribution in [3.05, 3.63) is 59.1 Å². The molecular weight excluding hydrogens is 320 g/mol. The zero-order chi connectivity index (χ0) is 16.2. The minimum absolute atomic E-state index is 0.414. The van der Waals surface area contributed by atoms with Crippen molar-refractivity contribution in [3.8, 4) is 0 Å². The average Bonchev–Trinajstić information content (AvgIpc) is 3.28. The van der Waals surface area contributed by atoms with Crippen molar-refractivity contribution in [3.63, 3.8) is 0 Å². The first kappa shape index (κ1) is 15.2. The van der Waals surface area contributed by atoms with Crippen LogP contribution in [0.5, 0.6) is 0 Å². The number of hydrogen-bond acceptors (Lipinski definition) is 7. The molecule has 3 aromatic heterocycles. The van der Waals surface area contributed by atoms with Gasteiger partial charge in [0.2, 0.25) is 0 Å². The van der Waals surface area contributed by atoms with Gasteiger partial charge in [-0.2, -0.15) is 0 Å². The molecule has 0 spiro atoms. The summed E-state index contributed by atoms with van der Waals surface area (Å²) in [6.45, 7) is 2.01. The number of nitrogens with zero attached hydrogens (tertiary/aromatic N) is 5. The van der Waals surface area contributed by atoms with Crippen LogP contribution < -0.4 is 5.32 Å². The van der Waals surface area contributed by atoms with Gasteiger partial charge in [0.15, 0.2) is 0 Å². The molecule has 1 fully saturated rings. The first-order chi connectivity index (χ1) is 11.9. The summed E-state index contributed by atoms with van der Waals surface area (Å²) in [7, 11) is 0. The van der Waals surface area contributed by atoms with Crippen LogP contribution in [0.25, 0.3) is 0 Å². The highest BCUT2D eigenvalue weighted by Crippen LogP contribution is 2.33. The van der Waals surface area contributed by atoms with E-state index in [4.69, 9.17) is 0 Å². The van der Waals surface area contributed by atoms with Gasteiger partial charge >= 0.3 is 0 Å². The molecule has 7 heteroatoms. The van der Waals surface area contributed by atoms with Crippen molar-refractivity contribution >= 4 is 23.0 Å². The smallest absolute Gasteiger partial charge is 0.150 e. The highest BCUT2D eigenvalue weighted by atomic mass is 32.1. The second-order valence-electron chi connectivity index (χ2n) is 5.80. The highest BCUT2D eigenvalue weighted by molar-refractivity contribution is 7.07. The molecule has 0 amide bonds. The SMILES string of the molecule is c1cnc(Nc2cc(C3CCCN3Cc3cscn3)ccn2)cn1. The maximum Gasteiger partial charge on any atom is 0.150 e. The van der Waals surface area contributed by atoms with Gasteiger partial charge in [-0.15, -0.1) is 11.3 Å². The zero-order valence-electron chi connectivity index (χ0n) is 13.2. The minimum Gasteiger partial charge on any atom is -0.324 e. The quantitative estimate of drug-likeness (QED) is 0.769. The Morgan fingerprint density at radius 2 is 2.12 bits per heavy atom. The topological polar surface area (TPSA) is 66.8 Å². The number of hydrogen-bond donors (Lipinski definition) is 1. The molecule has 0 saturated carbocycles. The molecule has 24 heavy (non-hydrogen) atoms. The lowest BCUT2D eigenvalue weighted by molar-refractivity contribution is 0.246. The highest BCUT2D eigenvalue weighted by Gasteiger charge is 2.26. The predicted molar refractivity (Wildman–Crippen MR) is 94.1 cm³/mol. The number of anilines is 2. The number of rotatable bonds is 5. The van der Waals surface area contributed by atoms with Crippen LogP contribution in [-0.2, 0) is 6.54 Å². The molecular formula is C17H18N6S. The summed E-state index contributed by atoms with van der Waals surface area (Å²) in [5.41, 5.74) is 4.33. The Labute approximate surface area is 144 Å². The Morgan fingerprint density at radius 3 is 2.96 bits per heavy atom. The van der Waals surface area contributed by atoms with Crippen LogP contribution in [0.4, 0.5) is 11.6 Å². The maximum absolute atomic E-state index is 4.42. The summed E-state index contributed by atoms with van der Waals surface area (Å²) in [5.74, 6) is 1.50. The number of aromatic nitrogens is 4. The molecule has 4 rings (SSSR count). The van der Waals surface area contributed by atoms with Crippen LogP contribution in [0.15, 0.2) is 47.8 Å². The molecule has 1 aliphatic heterocycles. The molecule has 0 radical (unpaired) electrons. The largest absolute Gasteiger partial charge is 0.324 e. The average molecular weight is 338 g/mol. The molecule has 1 atom stereocenters. The molecule has 1 unspecified atom stereocenters. The summed E-state index contributed by atoms with van der Waals surface area (Å²) in [5, 5.41) is 5.34. The van der Waals surface area contributed by atoms with Gasteiger partial charge in [0.25, 0.3) is 0 Å². The second kappa shape index (κ2) is 7.02. The van der Waals surface area contributed by atoms with Crippen LogP contribution in [0.3, 0.4) is 0 Å².